The van der Waals surface area contributed by atoms with Crippen LogP contribution >= 0.6 is 11.8 Å². The number of hydrogen-bond acceptors (Lipinski definition) is 6. The molecule has 0 atom stereocenters. The van der Waals surface area contributed by atoms with Gasteiger partial charge < -0.3 is 14.4 Å². The van der Waals surface area contributed by atoms with Crippen molar-refractivity contribution in [1.82, 2.24) is 14.8 Å². The van der Waals surface area contributed by atoms with Crippen LogP contribution in [0.1, 0.15) is 25.3 Å². The van der Waals surface area contributed by atoms with Crippen LogP contribution in [0.5, 0.6) is 0 Å². The monoisotopic (exact) mass is 360 g/mol. The number of nitrogens with zero attached hydrogens (tertiary/aromatic N) is 4. The van der Waals surface area contributed by atoms with E-state index < -0.39 is 0 Å². The third-order valence-electron chi connectivity index (χ3n) is 4.08. The highest BCUT2D eigenvalue weighted by Crippen LogP contribution is 2.25. The number of thioether (sulfide) groups is 1. The molecule has 7 heteroatoms. The molecule has 25 heavy (non-hydrogen) atoms. The summed E-state index contributed by atoms with van der Waals surface area (Å²) in [6, 6.07) is 10.4. The van der Waals surface area contributed by atoms with E-state index in [0.717, 1.165) is 56.1 Å². The van der Waals surface area contributed by atoms with E-state index >= 15 is 0 Å². The van der Waals surface area contributed by atoms with Gasteiger partial charge in [0.05, 0.1) is 19.8 Å². The van der Waals surface area contributed by atoms with Gasteiger partial charge in [-0.05, 0) is 18.9 Å². The average molecular weight is 360 g/mol. The fourth-order valence-electron chi connectivity index (χ4n) is 2.77. The van der Waals surface area contributed by atoms with E-state index in [1.165, 1.54) is 5.56 Å². The largest absolute Gasteiger partial charge is 0.378 e. The molecule has 1 fully saturated rings. The summed E-state index contributed by atoms with van der Waals surface area (Å²) in [6.07, 6.45) is 1.49. The van der Waals surface area contributed by atoms with Crippen LogP contribution in [0.3, 0.4) is 0 Å². The van der Waals surface area contributed by atoms with Crippen molar-refractivity contribution in [3.63, 3.8) is 0 Å². The van der Waals surface area contributed by atoms with Crippen LogP contribution in [0.2, 0.25) is 0 Å². The maximum Gasteiger partial charge on any atom is 0.228 e. The molecule has 1 aromatic carbocycles. The number of carbonyl (C=O) groups excluding carboxylic acids is 1. The van der Waals surface area contributed by atoms with Crippen LogP contribution in [0.4, 0.5) is 5.95 Å². The number of benzene rings is 1. The summed E-state index contributed by atoms with van der Waals surface area (Å²) in [7, 11) is 0. The van der Waals surface area contributed by atoms with Gasteiger partial charge in [0, 0.05) is 25.3 Å². The lowest BCUT2D eigenvalue weighted by molar-refractivity contribution is -0.117. The molecule has 1 aliphatic heterocycles. The Morgan fingerprint density at radius 3 is 2.68 bits per heavy atom. The molecule has 1 aliphatic rings. The number of carbonyl (C=O) groups is 1. The molecule has 0 unspecified atom stereocenters. The zero-order valence-electron chi connectivity index (χ0n) is 14.6. The number of rotatable bonds is 8. The Balaban J connectivity index is 1.76. The summed E-state index contributed by atoms with van der Waals surface area (Å²) >= 11 is 1.67. The van der Waals surface area contributed by atoms with Crippen molar-refractivity contribution in [3.8, 4) is 0 Å². The molecule has 0 saturated carbocycles. The van der Waals surface area contributed by atoms with Gasteiger partial charge in [-0.3, -0.25) is 4.57 Å². The summed E-state index contributed by atoms with van der Waals surface area (Å²) in [5.74, 6) is 2.01. The Morgan fingerprint density at radius 2 is 1.96 bits per heavy atom. The van der Waals surface area contributed by atoms with Gasteiger partial charge in [0.2, 0.25) is 5.95 Å². The lowest BCUT2D eigenvalue weighted by atomic mass is 10.2. The van der Waals surface area contributed by atoms with E-state index in [2.05, 4.69) is 31.8 Å². The maximum absolute atomic E-state index is 11.1. The lowest BCUT2D eigenvalue weighted by Gasteiger charge is -2.28. The maximum atomic E-state index is 11.1. The number of morpholine rings is 1. The fraction of sp³-hybridized carbons (Fsp3) is 0.500. The van der Waals surface area contributed by atoms with Gasteiger partial charge in [0.25, 0.3) is 0 Å². The first-order chi connectivity index (χ1) is 12.2. The predicted molar refractivity (Wildman–Crippen MR) is 99.2 cm³/mol. The fourth-order valence-corrected chi connectivity index (χ4v) is 3.65. The van der Waals surface area contributed by atoms with Crippen molar-refractivity contribution >= 4 is 23.5 Å². The molecular formula is C18H24N4O2S. The van der Waals surface area contributed by atoms with Crippen LogP contribution in [-0.4, -0.2) is 52.6 Å². The highest BCUT2D eigenvalue weighted by molar-refractivity contribution is 7.99. The van der Waals surface area contributed by atoms with Gasteiger partial charge in [0.1, 0.15) is 5.78 Å². The topological polar surface area (TPSA) is 60.3 Å². The summed E-state index contributed by atoms with van der Waals surface area (Å²) in [4.78, 5) is 13.3. The van der Waals surface area contributed by atoms with E-state index in [1.807, 2.05) is 18.2 Å². The van der Waals surface area contributed by atoms with Gasteiger partial charge in [-0.25, -0.2) is 0 Å². The van der Waals surface area contributed by atoms with Crippen molar-refractivity contribution < 1.29 is 9.53 Å². The molecule has 0 amide bonds. The molecule has 0 radical (unpaired) electrons. The molecule has 0 spiro atoms. The summed E-state index contributed by atoms with van der Waals surface area (Å²) in [5.41, 5.74) is 1.22. The van der Waals surface area contributed by atoms with Gasteiger partial charge in [-0.15, -0.1) is 10.2 Å². The number of ketones is 1. The molecule has 6 nitrogen and oxygen atoms in total. The van der Waals surface area contributed by atoms with Crippen LogP contribution in [-0.2, 0) is 16.1 Å². The molecule has 0 N–H and O–H groups in total. The summed E-state index contributed by atoms with van der Waals surface area (Å²) < 4.78 is 7.63. The Hall–Kier alpha value is -1.86. The quantitative estimate of drug-likeness (QED) is 0.533. The number of anilines is 1. The molecule has 1 aromatic heterocycles. The van der Waals surface area contributed by atoms with Crippen LogP contribution in [0.25, 0.3) is 0 Å². The number of aromatic nitrogens is 3. The standard InChI is InChI=1S/C18H24N4O2S/c1-15(23)6-5-13-25-18-20-19-17(21-9-11-24-12-10-21)22(18)14-16-7-3-2-4-8-16/h2-4,7-8H,5-6,9-14H2,1H3. The predicted octanol–water partition coefficient (Wildman–Crippen LogP) is 2.62. The highest BCUT2D eigenvalue weighted by atomic mass is 32.2. The average Bonchev–Trinajstić information content (AvgIpc) is 3.03. The number of hydrogen-bond donors (Lipinski definition) is 0. The van der Waals surface area contributed by atoms with Crippen molar-refractivity contribution in [2.45, 2.75) is 31.5 Å². The van der Waals surface area contributed by atoms with Gasteiger partial charge >= 0.3 is 0 Å². The SMILES string of the molecule is CC(=O)CCCSc1nnc(N2CCOCC2)n1Cc1ccccc1. The van der Waals surface area contributed by atoms with Crippen molar-refractivity contribution in [2.24, 2.45) is 0 Å². The van der Waals surface area contributed by atoms with Gasteiger partial charge in [-0.2, -0.15) is 0 Å². The lowest BCUT2D eigenvalue weighted by Crippen LogP contribution is -2.38. The smallest absolute Gasteiger partial charge is 0.228 e. The van der Waals surface area contributed by atoms with Crippen LogP contribution in [0, 0.1) is 0 Å². The zero-order chi connectivity index (χ0) is 17.5. The summed E-state index contributed by atoms with van der Waals surface area (Å²) in [6.45, 7) is 5.50. The van der Waals surface area contributed by atoms with Gasteiger partial charge in [0.15, 0.2) is 5.16 Å². The van der Waals surface area contributed by atoms with E-state index in [1.54, 1.807) is 18.7 Å². The molecule has 134 valence electrons. The second-order valence-electron chi connectivity index (χ2n) is 6.11. The Morgan fingerprint density at radius 1 is 1.20 bits per heavy atom. The molecule has 2 aromatic rings. The number of ether oxygens (including phenoxy) is 1. The summed E-state index contributed by atoms with van der Waals surface area (Å²) in [5, 5.41) is 9.77. The minimum atomic E-state index is 0.236. The van der Waals surface area contributed by atoms with Crippen molar-refractivity contribution in [1.29, 1.82) is 0 Å². The van der Waals surface area contributed by atoms with Crippen molar-refractivity contribution in [3.05, 3.63) is 35.9 Å². The van der Waals surface area contributed by atoms with E-state index in [-0.39, 0.29) is 5.78 Å². The van der Waals surface area contributed by atoms with Crippen molar-refractivity contribution in [2.75, 3.05) is 37.0 Å². The second kappa shape index (κ2) is 9.01. The Labute approximate surface area is 152 Å². The minimum Gasteiger partial charge on any atom is -0.378 e. The van der Waals surface area contributed by atoms with Crippen LogP contribution in [0.15, 0.2) is 35.5 Å². The first kappa shape index (κ1) is 17.9. The Kier molecular flexibility index (Phi) is 6.47. The molecular weight excluding hydrogens is 336 g/mol. The van der Waals surface area contributed by atoms with E-state index in [9.17, 15) is 4.79 Å². The second-order valence-corrected chi connectivity index (χ2v) is 7.17. The first-order valence-corrected chi connectivity index (χ1v) is 9.64. The third-order valence-corrected chi connectivity index (χ3v) is 5.13. The van der Waals surface area contributed by atoms with E-state index in [0.29, 0.717) is 6.42 Å². The highest BCUT2D eigenvalue weighted by Gasteiger charge is 2.20. The first-order valence-electron chi connectivity index (χ1n) is 8.66. The molecule has 0 bridgehead atoms. The minimum absolute atomic E-state index is 0.236. The normalized spacial score (nSPS) is 14.7. The molecule has 3 rings (SSSR count). The van der Waals surface area contributed by atoms with Crippen LogP contribution < -0.4 is 4.90 Å². The zero-order valence-corrected chi connectivity index (χ0v) is 15.4. The molecule has 0 aliphatic carbocycles. The Bertz CT molecular complexity index is 684. The van der Waals surface area contributed by atoms with Gasteiger partial charge in [-0.1, -0.05) is 42.1 Å². The third kappa shape index (κ3) is 5.06. The molecule has 2 heterocycles. The molecule has 1 saturated heterocycles. The van der Waals surface area contributed by atoms with E-state index in [4.69, 9.17) is 4.74 Å². The number of Topliss-reactive ketones (excluding diaryl/α,β-unsaturated/α-hetero) is 1.